The first kappa shape index (κ1) is 61.7. The fourth-order valence-electron chi connectivity index (χ4n) is 6.93. The van der Waals surface area contributed by atoms with Crippen LogP contribution >= 0.6 is 0 Å². The van der Waals surface area contributed by atoms with E-state index in [0.717, 1.165) is 51.4 Å². The maximum absolute atomic E-state index is 12.7. The number of allylic oxidation sites excluding steroid dienone is 12. The Labute approximate surface area is 398 Å². The third kappa shape index (κ3) is 48.5. The van der Waals surface area contributed by atoms with E-state index < -0.39 is 24.3 Å². The fraction of sp³-hybridized carbons (Fsp3) is 0.732. The normalized spacial score (nSPS) is 13.4. The second kappa shape index (κ2) is 47.2. The minimum Gasteiger partial charge on any atom is -0.545 e. The van der Waals surface area contributed by atoms with E-state index in [1.54, 1.807) is 0 Å². The van der Waals surface area contributed by atoms with Crippen molar-refractivity contribution in [2.45, 2.75) is 219 Å². The lowest BCUT2D eigenvalue weighted by atomic mass is 10.0. The van der Waals surface area contributed by atoms with Crippen molar-refractivity contribution in [1.82, 2.24) is 0 Å². The molecule has 0 fully saturated rings. The molecular weight excluding hydrogens is 815 g/mol. The third-order valence-corrected chi connectivity index (χ3v) is 11.0. The highest BCUT2D eigenvalue weighted by Gasteiger charge is 2.21. The van der Waals surface area contributed by atoms with Gasteiger partial charge in [-0.2, -0.15) is 0 Å². The van der Waals surface area contributed by atoms with Crippen LogP contribution in [0.2, 0.25) is 0 Å². The average Bonchev–Trinajstić information content (AvgIpc) is 3.27. The number of rotatable bonds is 47. The Balaban J connectivity index is 4.24. The van der Waals surface area contributed by atoms with Gasteiger partial charge in [0, 0.05) is 12.8 Å². The largest absolute Gasteiger partial charge is 0.545 e. The second-order valence-corrected chi connectivity index (χ2v) is 18.4. The number of hydrogen-bond donors (Lipinski definition) is 0. The lowest BCUT2D eigenvalue weighted by Gasteiger charge is -2.26. The van der Waals surface area contributed by atoms with E-state index >= 15 is 0 Å². The Kier molecular flexibility index (Phi) is 44.9. The first-order valence-electron chi connectivity index (χ1n) is 26.1. The van der Waals surface area contributed by atoms with Gasteiger partial charge in [0.2, 0.25) is 0 Å². The summed E-state index contributed by atoms with van der Waals surface area (Å²) in [6.45, 7) is 4.53. The van der Waals surface area contributed by atoms with Gasteiger partial charge in [0.25, 0.3) is 0 Å². The van der Waals surface area contributed by atoms with Crippen molar-refractivity contribution >= 4 is 17.9 Å². The zero-order valence-electron chi connectivity index (χ0n) is 42.3. The lowest BCUT2D eigenvalue weighted by molar-refractivity contribution is -0.870. The van der Waals surface area contributed by atoms with E-state index in [-0.39, 0.29) is 38.6 Å². The summed E-state index contributed by atoms with van der Waals surface area (Å²) in [7, 11) is 5.89. The van der Waals surface area contributed by atoms with Gasteiger partial charge < -0.3 is 33.3 Å². The lowest BCUT2D eigenvalue weighted by Crippen LogP contribution is -2.44. The van der Waals surface area contributed by atoms with Crippen LogP contribution in [0.15, 0.2) is 72.9 Å². The highest BCUT2D eigenvalue weighted by molar-refractivity contribution is 5.70. The van der Waals surface area contributed by atoms with Gasteiger partial charge in [-0.15, -0.1) is 0 Å². The molecule has 0 amide bonds. The topological polar surface area (TPSA) is 111 Å². The molecule has 0 aromatic heterocycles. The summed E-state index contributed by atoms with van der Waals surface area (Å²) in [5.41, 5.74) is 0. The van der Waals surface area contributed by atoms with Crippen LogP contribution in [-0.2, 0) is 33.3 Å². The number of likely N-dealkylation sites (N-methyl/N-ethyl adjacent to an activating group) is 1. The van der Waals surface area contributed by atoms with Crippen molar-refractivity contribution in [3.63, 3.8) is 0 Å². The van der Waals surface area contributed by atoms with Crippen LogP contribution in [0.25, 0.3) is 0 Å². The van der Waals surface area contributed by atoms with Gasteiger partial charge in [0.15, 0.2) is 12.4 Å². The van der Waals surface area contributed by atoms with Gasteiger partial charge in [-0.05, 0) is 70.6 Å². The Morgan fingerprint density at radius 3 is 1.37 bits per heavy atom. The number of carbonyl (C=O) groups is 3. The number of hydrogen-bond acceptors (Lipinski definition) is 8. The molecule has 2 atom stereocenters. The van der Waals surface area contributed by atoms with Crippen molar-refractivity contribution in [2.75, 3.05) is 47.5 Å². The van der Waals surface area contributed by atoms with Crippen LogP contribution in [0, 0.1) is 0 Å². The smallest absolute Gasteiger partial charge is 0.306 e. The zero-order valence-corrected chi connectivity index (χ0v) is 42.3. The molecule has 0 aromatic rings. The second-order valence-electron chi connectivity index (χ2n) is 18.4. The molecule has 0 aliphatic rings. The molecule has 0 N–H and O–H groups in total. The van der Waals surface area contributed by atoms with Crippen LogP contribution in [0.1, 0.15) is 206 Å². The van der Waals surface area contributed by atoms with E-state index in [0.29, 0.717) is 17.4 Å². The van der Waals surface area contributed by atoms with Crippen LogP contribution < -0.4 is 5.11 Å². The predicted molar refractivity (Wildman–Crippen MR) is 269 cm³/mol. The highest BCUT2D eigenvalue weighted by atomic mass is 16.7. The highest BCUT2D eigenvalue weighted by Crippen LogP contribution is 2.15. The molecule has 0 bridgehead atoms. The van der Waals surface area contributed by atoms with Crippen molar-refractivity contribution < 1.29 is 42.9 Å². The Hall–Kier alpha value is -3.27. The number of nitrogens with zero attached hydrogens (tertiary/aromatic N) is 1. The Morgan fingerprint density at radius 2 is 0.908 bits per heavy atom. The molecular formula is C56H97NO8. The molecule has 65 heavy (non-hydrogen) atoms. The summed E-state index contributed by atoms with van der Waals surface area (Å²) in [6, 6.07) is 0. The fourth-order valence-corrected chi connectivity index (χ4v) is 6.93. The molecule has 0 heterocycles. The van der Waals surface area contributed by atoms with Gasteiger partial charge in [-0.25, -0.2) is 0 Å². The van der Waals surface area contributed by atoms with Crippen LogP contribution in [-0.4, -0.2) is 82.3 Å². The number of ether oxygens (including phenoxy) is 4. The molecule has 2 unspecified atom stereocenters. The molecule has 0 saturated carbocycles. The molecule has 0 aromatic carbocycles. The summed E-state index contributed by atoms with van der Waals surface area (Å²) < 4.78 is 22.5. The quantitative estimate of drug-likeness (QED) is 0.0195. The SMILES string of the molecule is CC/C=C\C/C=C\C/C=C\C/C=C\CCC(=O)OC(COC(=O)CCCCCCCCCCCCCCCCC/C=C\C/C=C\CCCCCCC)COC(OCC[N+](C)(C)C)C(=O)[O-]. The summed E-state index contributed by atoms with van der Waals surface area (Å²) >= 11 is 0. The molecule has 9 nitrogen and oxygen atoms in total. The molecule has 0 rings (SSSR count). The minimum atomic E-state index is -1.64. The minimum absolute atomic E-state index is 0.124. The summed E-state index contributed by atoms with van der Waals surface area (Å²) in [6.07, 6.45) is 56.9. The summed E-state index contributed by atoms with van der Waals surface area (Å²) in [5, 5.41) is 11.7. The zero-order chi connectivity index (χ0) is 47.7. The molecule has 0 aliphatic carbocycles. The molecule has 0 radical (unpaired) electrons. The van der Waals surface area contributed by atoms with Crippen molar-refractivity contribution in [1.29, 1.82) is 0 Å². The molecule has 0 saturated heterocycles. The Morgan fingerprint density at radius 1 is 0.477 bits per heavy atom. The average molecular weight is 912 g/mol. The van der Waals surface area contributed by atoms with Crippen molar-refractivity contribution in [2.24, 2.45) is 0 Å². The van der Waals surface area contributed by atoms with E-state index in [4.69, 9.17) is 18.9 Å². The number of unbranched alkanes of at least 4 members (excludes halogenated alkanes) is 20. The molecule has 374 valence electrons. The molecule has 0 spiro atoms. The molecule has 0 aliphatic heterocycles. The predicted octanol–water partition coefficient (Wildman–Crippen LogP) is 13.3. The van der Waals surface area contributed by atoms with Gasteiger partial charge in [-0.3, -0.25) is 9.59 Å². The maximum atomic E-state index is 12.7. The van der Waals surface area contributed by atoms with E-state index in [2.05, 4.69) is 74.6 Å². The first-order chi connectivity index (χ1) is 31.6. The van der Waals surface area contributed by atoms with Crippen LogP contribution in [0.3, 0.4) is 0 Å². The monoisotopic (exact) mass is 912 g/mol. The van der Waals surface area contributed by atoms with E-state index in [1.807, 2.05) is 33.3 Å². The number of carboxylic acids is 1. The third-order valence-electron chi connectivity index (χ3n) is 11.0. The van der Waals surface area contributed by atoms with Gasteiger partial charge in [0.1, 0.15) is 13.2 Å². The standard InChI is InChI=1S/C56H97NO8/c1-6-8-10-12-14-16-18-20-21-22-23-24-25-26-27-28-29-30-31-32-33-35-36-38-40-42-44-46-53(58)63-50-52(51-64-56(55(60)61)62-49-48-57(3,4)5)65-54(59)47-45-43-41-39-37-34-19-17-15-13-11-9-7-2/h9,11,15,17-18,20,22-23,34,37,41,43,52,56H,6-8,10,12-14,16,19,21,24-33,35-36,38-40,42,44-51H2,1-5H3/b11-9-,17-15-,20-18-,23-22-,37-34-,43-41-. The number of esters is 2. The number of carboxylic acid groups (broad SMARTS) is 1. The van der Waals surface area contributed by atoms with Crippen molar-refractivity contribution in [3.8, 4) is 0 Å². The van der Waals surface area contributed by atoms with Crippen LogP contribution in [0.5, 0.6) is 0 Å². The number of quaternary nitrogens is 1. The maximum Gasteiger partial charge on any atom is 0.306 e. The Bertz CT molecular complexity index is 1290. The molecule has 9 heteroatoms. The van der Waals surface area contributed by atoms with E-state index in [9.17, 15) is 19.5 Å². The number of aliphatic carboxylic acids is 1. The van der Waals surface area contributed by atoms with Gasteiger partial charge in [-0.1, -0.05) is 196 Å². The van der Waals surface area contributed by atoms with Crippen LogP contribution in [0.4, 0.5) is 0 Å². The summed E-state index contributed by atoms with van der Waals surface area (Å²) in [5.74, 6) is -2.40. The number of carbonyl (C=O) groups excluding carboxylic acids is 3. The van der Waals surface area contributed by atoms with Gasteiger partial charge in [0.05, 0.1) is 40.3 Å². The van der Waals surface area contributed by atoms with E-state index in [1.165, 1.54) is 122 Å². The first-order valence-corrected chi connectivity index (χ1v) is 26.1. The summed E-state index contributed by atoms with van der Waals surface area (Å²) in [4.78, 5) is 37.0. The van der Waals surface area contributed by atoms with Gasteiger partial charge >= 0.3 is 11.9 Å². The van der Waals surface area contributed by atoms with Crippen molar-refractivity contribution in [3.05, 3.63) is 72.9 Å².